The van der Waals surface area contributed by atoms with Gasteiger partial charge in [0.05, 0.1) is 13.7 Å². The van der Waals surface area contributed by atoms with Gasteiger partial charge in [-0.05, 0) is 30.2 Å². The molecule has 0 saturated carbocycles. The fourth-order valence-electron chi connectivity index (χ4n) is 2.29. The van der Waals surface area contributed by atoms with Gasteiger partial charge in [0.2, 0.25) is 5.91 Å². The van der Waals surface area contributed by atoms with Gasteiger partial charge in [0.1, 0.15) is 5.75 Å². The van der Waals surface area contributed by atoms with Crippen LogP contribution >= 0.6 is 0 Å². The lowest BCUT2D eigenvalue weighted by atomic mass is 10.1. The summed E-state index contributed by atoms with van der Waals surface area (Å²) in [5.74, 6) is 0.874. The number of ether oxygens (including phenoxy) is 1. The van der Waals surface area contributed by atoms with E-state index in [0.29, 0.717) is 13.1 Å². The van der Waals surface area contributed by atoms with Crippen LogP contribution in [-0.4, -0.2) is 33.2 Å². The average molecular weight is 298 g/mol. The summed E-state index contributed by atoms with van der Waals surface area (Å²) in [5, 5.41) is 2.95. The summed E-state index contributed by atoms with van der Waals surface area (Å²) in [5.41, 5.74) is 2.13. The minimum atomic E-state index is 0.0150. The van der Waals surface area contributed by atoms with E-state index in [2.05, 4.69) is 5.32 Å². The molecule has 1 N–H and O–H groups in total. The molecule has 2 aromatic carbocycles. The zero-order valence-corrected chi connectivity index (χ0v) is 13.1. The molecule has 2 rings (SSSR count). The third-order valence-electron chi connectivity index (χ3n) is 3.49. The molecule has 1 amide bonds. The largest absolute Gasteiger partial charge is 0.496 e. The van der Waals surface area contributed by atoms with Crippen LogP contribution in [0.25, 0.3) is 0 Å². The SMILES string of the molecule is COc1ccccc1CCNC(=O)CN(C)c1ccccc1. The van der Waals surface area contributed by atoms with Gasteiger partial charge in [0, 0.05) is 19.3 Å². The minimum Gasteiger partial charge on any atom is -0.496 e. The van der Waals surface area contributed by atoms with Crippen molar-refractivity contribution < 1.29 is 9.53 Å². The Bertz CT molecular complexity index is 599. The van der Waals surface area contributed by atoms with Crippen molar-refractivity contribution in [1.29, 1.82) is 0 Å². The van der Waals surface area contributed by atoms with Crippen molar-refractivity contribution in [3.8, 4) is 5.75 Å². The van der Waals surface area contributed by atoms with E-state index in [1.807, 2.05) is 66.5 Å². The van der Waals surface area contributed by atoms with Gasteiger partial charge in [0.15, 0.2) is 0 Å². The number of hydrogen-bond donors (Lipinski definition) is 1. The number of hydrogen-bond acceptors (Lipinski definition) is 3. The summed E-state index contributed by atoms with van der Waals surface area (Å²) >= 11 is 0. The van der Waals surface area contributed by atoms with Crippen LogP contribution in [0.3, 0.4) is 0 Å². The highest BCUT2D eigenvalue weighted by molar-refractivity contribution is 5.81. The second-order valence-corrected chi connectivity index (χ2v) is 5.10. The Morgan fingerprint density at radius 2 is 1.77 bits per heavy atom. The maximum absolute atomic E-state index is 12.0. The molecule has 0 atom stereocenters. The first-order valence-electron chi connectivity index (χ1n) is 7.35. The van der Waals surface area contributed by atoms with E-state index in [4.69, 9.17) is 4.74 Å². The standard InChI is InChI=1S/C18H22N2O2/c1-20(16-9-4-3-5-10-16)14-18(21)19-13-12-15-8-6-7-11-17(15)22-2/h3-11H,12-14H2,1-2H3,(H,19,21). The first-order chi connectivity index (χ1) is 10.7. The number of methoxy groups -OCH3 is 1. The van der Waals surface area contributed by atoms with Crippen molar-refractivity contribution >= 4 is 11.6 Å². The van der Waals surface area contributed by atoms with E-state index in [0.717, 1.165) is 23.4 Å². The highest BCUT2D eigenvalue weighted by Crippen LogP contribution is 2.17. The van der Waals surface area contributed by atoms with Crippen LogP contribution in [0.1, 0.15) is 5.56 Å². The Balaban J connectivity index is 1.78. The van der Waals surface area contributed by atoms with Crippen LogP contribution in [0.2, 0.25) is 0 Å². The van der Waals surface area contributed by atoms with Crippen LogP contribution in [0.4, 0.5) is 5.69 Å². The second kappa shape index (κ2) is 8.08. The summed E-state index contributed by atoms with van der Waals surface area (Å²) in [7, 11) is 3.57. The van der Waals surface area contributed by atoms with Crippen LogP contribution in [0, 0.1) is 0 Å². The molecule has 116 valence electrons. The Hall–Kier alpha value is -2.49. The normalized spacial score (nSPS) is 10.1. The molecule has 22 heavy (non-hydrogen) atoms. The molecule has 0 aromatic heterocycles. The Morgan fingerprint density at radius 1 is 1.09 bits per heavy atom. The molecule has 2 aromatic rings. The molecule has 0 spiro atoms. The third-order valence-corrected chi connectivity index (χ3v) is 3.49. The summed E-state index contributed by atoms with van der Waals surface area (Å²) < 4.78 is 5.30. The molecule has 0 aliphatic rings. The lowest BCUT2D eigenvalue weighted by Gasteiger charge is -2.18. The van der Waals surface area contributed by atoms with Gasteiger partial charge in [-0.15, -0.1) is 0 Å². The number of rotatable bonds is 7. The number of nitrogens with zero attached hydrogens (tertiary/aromatic N) is 1. The van der Waals surface area contributed by atoms with E-state index in [1.165, 1.54) is 0 Å². The van der Waals surface area contributed by atoms with Crippen molar-refractivity contribution in [1.82, 2.24) is 5.32 Å². The fraction of sp³-hybridized carbons (Fsp3) is 0.278. The number of carbonyl (C=O) groups is 1. The van der Waals surface area contributed by atoms with E-state index < -0.39 is 0 Å². The number of nitrogens with one attached hydrogen (secondary N) is 1. The van der Waals surface area contributed by atoms with Crippen molar-refractivity contribution in [2.24, 2.45) is 0 Å². The smallest absolute Gasteiger partial charge is 0.239 e. The third kappa shape index (κ3) is 4.52. The predicted molar refractivity (Wildman–Crippen MR) is 89.4 cm³/mol. The van der Waals surface area contributed by atoms with Crippen LogP contribution < -0.4 is 15.0 Å². The first kappa shape index (κ1) is 15.9. The lowest BCUT2D eigenvalue weighted by molar-refractivity contribution is -0.119. The van der Waals surface area contributed by atoms with Gasteiger partial charge in [-0.25, -0.2) is 0 Å². The number of benzene rings is 2. The fourth-order valence-corrected chi connectivity index (χ4v) is 2.29. The Kier molecular flexibility index (Phi) is 5.83. The lowest BCUT2D eigenvalue weighted by Crippen LogP contribution is -2.36. The number of para-hydroxylation sites is 2. The van der Waals surface area contributed by atoms with E-state index in [-0.39, 0.29) is 5.91 Å². The van der Waals surface area contributed by atoms with Gasteiger partial charge in [-0.3, -0.25) is 4.79 Å². The van der Waals surface area contributed by atoms with Gasteiger partial charge >= 0.3 is 0 Å². The van der Waals surface area contributed by atoms with Gasteiger partial charge in [0.25, 0.3) is 0 Å². The second-order valence-electron chi connectivity index (χ2n) is 5.10. The van der Waals surface area contributed by atoms with E-state index in [1.54, 1.807) is 7.11 Å². The van der Waals surface area contributed by atoms with Crippen LogP contribution in [-0.2, 0) is 11.2 Å². The van der Waals surface area contributed by atoms with Crippen molar-refractivity contribution in [3.63, 3.8) is 0 Å². The maximum atomic E-state index is 12.0. The predicted octanol–water partition coefficient (Wildman–Crippen LogP) is 2.49. The average Bonchev–Trinajstić information content (AvgIpc) is 2.56. The van der Waals surface area contributed by atoms with Gasteiger partial charge in [-0.2, -0.15) is 0 Å². The highest BCUT2D eigenvalue weighted by Gasteiger charge is 2.07. The molecule has 0 heterocycles. The topological polar surface area (TPSA) is 41.6 Å². The summed E-state index contributed by atoms with van der Waals surface area (Å²) in [6.45, 7) is 0.942. The molecule has 4 nitrogen and oxygen atoms in total. The highest BCUT2D eigenvalue weighted by atomic mass is 16.5. The molecule has 4 heteroatoms. The van der Waals surface area contributed by atoms with Crippen LogP contribution in [0.15, 0.2) is 54.6 Å². The minimum absolute atomic E-state index is 0.0150. The zero-order valence-electron chi connectivity index (χ0n) is 13.1. The summed E-state index contributed by atoms with van der Waals surface area (Å²) in [4.78, 5) is 13.9. The molecule has 0 radical (unpaired) electrons. The number of likely N-dealkylation sites (N-methyl/N-ethyl adjacent to an activating group) is 1. The molecule has 0 bridgehead atoms. The molecule has 0 fully saturated rings. The number of anilines is 1. The maximum Gasteiger partial charge on any atom is 0.239 e. The van der Waals surface area contributed by atoms with Crippen molar-refractivity contribution in [3.05, 3.63) is 60.2 Å². The molecule has 0 aliphatic carbocycles. The molecule has 0 unspecified atom stereocenters. The first-order valence-corrected chi connectivity index (χ1v) is 7.35. The van der Waals surface area contributed by atoms with E-state index in [9.17, 15) is 4.79 Å². The monoisotopic (exact) mass is 298 g/mol. The van der Waals surface area contributed by atoms with Crippen molar-refractivity contribution in [2.75, 3.05) is 32.1 Å². The number of carbonyl (C=O) groups excluding carboxylic acids is 1. The molecular weight excluding hydrogens is 276 g/mol. The molecule has 0 aliphatic heterocycles. The van der Waals surface area contributed by atoms with Crippen LogP contribution in [0.5, 0.6) is 5.75 Å². The van der Waals surface area contributed by atoms with Gasteiger partial charge < -0.3 is 15.0 Å². The molecule has 0 saturated heterocycles. The summed E-state index contributed by atoms with van der Waals surface area (Å²) in [6.07, 6.45) is 0.755. The Labute approximate surface area is 131 Å². The Morgan fingerprint density at radius 3 is 2.50 bits per heavy atom. The molecular formula is C18H22N2O2. The quantitative estimate of drug-likeness (QED) is 0.854. The summed E-state index contributed by atoms with van der Waals surface area (Å²) in [6, 6.07) is 17.7. The number of amides is 1. The zero-order chi connectivity index (χ0) is 15.8. The van der Waals surface area contributed by atoms with E-state index >= 15 is 0 Å². The van der Waals surface area contributed by atoms with Crippen molar-refractivity contribution in [2.45, 2.75) is 6.42 Å². The van der Waals surface area contributed by atoms with Gasteiger partial charge in [-0.1, -0.05) is 36.4 Å².